The molecule has 2 aromatic heterocycles. The SMILES string of the molecule is CC(=O)Nc1cc(NC(C)(C)C(=O)Nc2nc3c(C(F)(F)F)cc4[nH]ncc4c3s2)ccc1Cl. The number of thiazole rings is 1. The van der Waals surface area contributed by atoms with Gasteiger partial charge >= 0.3 is 6.18 Å². The Morgan fingerprint density at radius 3 is 2.56 bits per heavy atom. The molecule has 2 aromatic carbocycles. The number of hydrogen-bond acceptors (Lipinski definition) is 6. The van der Waals surface area contributed by atoms with Crippen LogP contribution in [0.2, 0.25) is 5.02 Å². The second kappa shape index (κ2) is 8.44. The van der Waals surface area contributed by atoms with Gasteiger partial charge < -0.3 is 10.6 Å². The Hall–Kier alpha value is -3.38. The molecular weight excluding hydrogens is 493 g/mol. The zero-order valence-corrected chi connectivity index (χ0v) is 19.6. The Labute approximate surface area is 199 Å². The first-order valence-electron chi connectivity index (χ1n) is 9.86. The van der Waals surface area contributed by atoms with Crippen molar-refractivity contribution in [2.24, 2.45) is 0 Å². The number of benzene rings is 2. The van der Waals surface area contributed by atoms with Crippen molar-refractivity contribution in [1.82, 2.24) is 15.2 Å². The summed E-state index contributed by atoms with van der Waals surface area (Å²) in [6.07, 6.45) is -3.21. The lowest BCUT2D eigenvalue weighted by molar-refractivity contribution is -0.136. The van der Waals surface area contributed by atoms with Gasteiger partial charge in [-0.2, -0.15) is 18.3 Å². The molecule has 178 valence electrons. The van der Waals surface area contributed by atoms with Gasteiger partial charge in [0, 0.05) is 18.0 Å². The second-order valence-corrected chi connectivity index (χ2v) is 9.44. The summed E-state index contributed by atoms with van der Waals surface area (Å²) in [7, 11) is 0. The van der Waals surface area contributed by atoms with Crippen LogP contribution in [0.25, 0.3) is 21.1 Å². The summed E-state index contributed by atoms with van der Waals surface area (Å²) in [5, 5.41) is 15.4. The number of rotatable bonds is 5. The normalized spacial score (nSPS) is 12.2. The molecule has 0 atom stereocenters. The minimum Gasteiger partial charge on any atom is -0.372 e. The fourth-order valence-electron chi connectivity index (χ4n) is 3.31. The van der Waals surface area contributed by atoms with Crippen LogP contribution in [0.4, 0.5) is 29.7 Å². The standard InChI is InChI=1S/C21H18ClF3N6O2S/c1-9(32)27-15-6-10(4-5-13(15)22)30-20(2,3)18(33)29-19-28-16-12(21(23,24)25)7-14-11(8-26-31-14)17(16)34-19/h4-8,30H,1-3H3,(H,26,31)(H,27,32)(H,28,29,33). The number of nitrogens with one attached hydrogen (secondary N) is 4. The van der Waals surface area contributed by atoms with Crippen LogP contribution in [0.5, 0.6) is 0 Å². The zero-order valence-electron chi connectivity index (χ0n) is 18.0. The van der Waals surface area contributed by atoms with Gasteiger partial charge in [-0.3, -0.25) is 20.0 Å². The van der Waals surface area contributed by atoms with Gasteiger partial charge in [0.05, 0.1) is 38.2 Å². The predicted molar refractivity (Wildman–Crippen MR) is 126 cm³/mol. The number of aromatic amines is 1. The Balaban J connectivity index is 1.62. The molecule has 0 unspecified atom stereocenters. The quantitative estimate of drug-likeness (QED) is 0.278. The lowest BCUT2D eigenvalue weighted by Crippen LogP contribution is -2.44. The van der Waals surface area contributed by atoms with E-state index >= 15 is 0 Å². The average molecular weight is 511 g/mol. The average Bonchev–Trinajstić information content (AvgIpc) is 3.34. The summed E-state index contributed by atoms with van der Waals surface area (Å²) < 4.78 is 41.0. The summed E-state index contributed by atoms with van der Waals surface area (Å²) in [4.78, 5) is 28.4. The molecule has 0 fully saturated rings. The van der Waals surface area contributed by atoms with Crippen molar-refractivity contribution in [2.75, 3.05) is 16.0 Å². The number of amides is 2. The minimum atomic E-state index is -4.63. The van der Waals surface area contributed by atoms with Crippen molar-refractivity contribution in [3.8, 4) is 0 Å². The van der Waals surface area contributed by atoms with Crippen molar-refractivity contribution in [1.29, 1.82) is 0 Å². The predicted octanol–water partition coefficient (Wildman–Crippen LogP) is 5.63. The maximum absolute atomic E-state index is 13.6. The molecule has 0 saturated heterocycles. The first kappa shape index (κ1) is 23.8. The van der Waals surface area contributed by atoms with Gasteiger partial charge in [0.2, 0.25) is 5.91 Å². The lowest BCUT2D eigenvalue weighted by Gasteiger charge is -2.26. The number of fused-ring (bicyclic) bond motifs is 3. The maximum Gasteiger partial charge on any atom is 0.418 e. The summed E-state index contributed by atoms with van der Waals surface area (Å²) in [6.45, 7) is 4.53. The number of hydrogen-bond donors (Lipinski definition) is 4. The number of anilines is 3. The zero-order chi connectivity index (χ0) is 24.8. The first-order valence-corrected chi connectivity index (χ1v) is 11.0. The van der Waals surface area contributed by atoms with Crippen molar-refractivity contribution in [3.05, 3.63) is 41.0 Å². The highest BCUT2D eigenvalue weighted by Gasteiger charge is 2.36. The largest absolute Gasteiger partial charge is 0.418 e. The highest BCUT2D eigenvalue weighted by molar-refractivity contribution is 7.23. The molecule has 13 heteroatoms. The fourth-order valence-corrected chi connectivity index (χ4v) is 4.48. The van der Waals surface area contributed by atoms with E-state index in [9.17, 15) is 22.8 Å². The number of alkyl halides is 3. The number of aromatic nitrogens is 3. The third kappa shape index (κ3) is 4.64. The van der Waals surface area contributed by atoms with Crippen LogP contribution in [0.1, 0.15) is 26.3 Å². The summed E-state index contributed by atoms with van der Waals surface area (Å²) in [5.74, 6) is -0.837. The molecule has 0 saturated carbocycles. The molecule has 8 nitrogen and oxygen atoms in total. The van der Waals surface area contributed by atoms with Crippen molar-refractivity contribution in [3.63, 3.8) is 0 Å². The summed E-state index contributed by atoms with van der Waals surface area (Å²) >= 11 is 7.01. The van der Waals surface area contributed by atoms with Gasteiger partial charge in [0.1, 0.15) is 5.54 Å². The van der Waals surface area contributed by atoms with E-state index in [2.05, 4.69) is 31.1 Å². The van der Waals surface area contributed by atoms with E-state index in [-0.39, 0.29) is 26.8 Å². The molecule has 2 amide bonds. The Bertz CT molecular complexity index is 1430. The Kier molecular flexibility index (Phi) is 5.90. The first-order chi connectivity index (χ1) is 15.8. The van der Waals surface area contributed by atoms with Crippen LogP contribution in [-0.2, 0) is 15.8 Å². The van der Waals surface area contributed by atoms with Gasteiger partial charge in [-0.15, -0.1) is 0 Å². The van der Waals surface area contributed by atoms with Gasteiger partial charge in [-0.05, 0) is 38.1 Å². The van der Waals surface area contributed by atoms with Crippen LogP contribution >= 0.6 is 22.9 Å². The van der Waals surface area contributed by atoms with Gasteiger partial charge in [-0.25, -0.2) is 4.98 Å². The van der Waals surface area contributed by atoms with Gasteiger partial charge in [0.25, 0.3) is 5.91 Å². The Morgan fingerprint density at radius 1 is 1.15 bits per heavy atom. The minimum absolute atomic E-state index is 0.0177. The maximum atomic E-state index is 13.6. The smallest absolute Gasteiger partial charge is 0.372 e. The molecule has 4 aromatic rings. The van der Waals surface area contributed by atoms with Crippen molar-refractivity contribution < 1.29 is 22.8 Å². The molecule has 0 aliphatic heterocycles. The van der Waals surface area contributed by atoms with Gasteiger partial charge in [0.15, 0.2) is 5.13 Å². The van der Waals surface area contributed by atoms with E-state index in [0.29, 0.717) is 21.8 Å². The third-order valence-corrected chi connectivity index (χ3v) is 6.25. The van der Waals surface area contributed by atoms with E-state index in [1.54, 1.807) is 32.0 Å². The van der Waals surface area contributed by atoms with E-state index < -0.39 is 23.2 Å². The molecule has 4 N–H and O–H groups in total. The van der Waals surface area contributed by atoms with Crippen LogP contribution in [-0.4, -0.2) is 32.5 Å². The molecule has 34 heavy (non-hydrogen) atoms. The molecule has 0 aliphatic carbocycles. The van der Waals surface area contributed by atoms with Gasteiger partial charge in [-0.1, -0.05) is 22.9 Å². The molecule has 2 heterocycles. The number of H-pyrrole nitrogens is 1. The van der Waals surface area contributed by atoms with Crippen LogP contribution in [0.3, 0.4) is 0 Å². The third-order valence-electron chi connectivity index (χ3n) is 4.91. The Morgan fingerprint density at radius 2 is 1.88 bits per heavy atom. The lowest BCUT2D eigenvalue weighted by atomic mass is 10.0. The van der Waals surface area contributed by atoms with E-state index in [1.807, 2.05) is 0 Å². The summed E-state index contributed by atoms with van der Waals surface area (Å²) in [5.41, 5.74) is -1.29. The van der Waals surface area contributed by atoms with Crippen molar-refractivity contribution in [2.45, 2.75) is 32.5 Å². The molecule has 0 bridgehead atoms. The number of nitrogens with zero attached hydrogens (tertiary/aromatic N) is 2. The molecule has 0 aliphatic rings. The molecule has 0 spiro atoms. The van der Waals surface area contributed by atoms with Crippen LogP contribution in [0, 0.1) is 0 Å². The van der Waals surface area contributed by atoms with Crippen LogP contribution in [0.15, 0.2) is 30.5 Å². The van der Waals surface area contributed by atoms with Crippen molar-refractivity contribution >= 4 is 72.4 Å². The highest BCUT2D eigenvalue weighted by atomic mass is 35.5. The highest BCUT2D eigenvalue weighted by Crippen LogP contribution is 2.41. The van der Waals surface area contributed by atoms with E-state index in [4.69, 9.17) is 11.6 Å². The second-order valence-electron chi connectivity index (χ2n) is 8.03. The van der Waals surface area contributed by atoms with E-state index in [1.165, 1.54) is 13.1 Å². The number of carbonyl (C=O) groups is 2. The topological polar surface area (TPSA) is 112 Å². The molecule has 4 rings (SSSR count). The molecule has 0 radical (unpaired) electrons. The number of halogens is 4. The fraction of sp³-hybridized carbons (Fsp3) is 0.238. The molecular formula is C21H18ClF3N6O2S. The summed E-state index contributed by atoms with van der Waals surface area (Å²) in [6, 6.07) is 5.72. The monoisotopic (exact) mass is 510 g/mol. The van der Waals surface area contributed by atoms with Crippen LogP contribution < -0.4 is 16.0 Å². The van der Waals surface area contributed by atoms with E-state index in [0.717, 1.165) is 17.4 Å². The number of carbonyl (C=O) groups excluding carboxylic acids is 2.